The van der Waals surface area contributed by atoms with E-state index in [9.17, 15) is 9.32 Å². The number of aliphatic hydroxyl groups is 1. The zero-order valence-corrected chi connectivity index (χ0v) is 15.6. The van der Waals surface area contributed by atoms with Crippen molar-refractivity contribution >= 4 is 10.8 Å². The first kappa shape index (κ1) is 18.5. The molecule has 26 heavy (non-hydrogen) atoms. The molecule has 0 aliphatic rings. The third-order valence-corrected chi connectivity index (χ3v) is 6.01. The average molecular weight is 365 g/mol. The Hall–Kier alpha value is -2.27. The Labute approximate surface area is 157 Å². The first-order valence-electron chi connectivity index (χ1n) is 8.67. The van der Waals surface area contributed by atoms with Crippen LogP contribution in [0.4, 0.5) is 0 Å². The van der Waals surface area contributed by atoms with Gasteiger partial charge in [-0.15, -0.1) is 0 Å². The SMILES string of the molecule is C[C@@H](NCc1ccccc1S(=O)c1ccccc1CO)c1ccccc1. The van der Waals surface area contributed by atoms with Gasteiger partial charge in [0.25, 0.3) is 0 Å². The first-order valence-corrected chi connectivity index (χ1v) is 9.82. The summed E-state index contributed by atoms with van der Waals surface area (Å²) in [6.07, 6.45) is 0. The predicted octanol–water partition coefficient (Wildman–Crippen LogP) is 4.20. The van der Waals surface area contributed by atoms with Gasteiger partial charge in [0.2, 0.25) is 0 Å². The molecule has 1 unspecified atom stereocenters. The average Bonchev–Trinajstić information content (AvgIpc) is 2.72. The maximum Gasteiger partial charge on any atom is 0.0856 e. The van der Waals surface area contributed by atoms with Crippen molar-refractivity contribution in [1.29, 1.82) is 0 Å². The molecule has 2 N–H and O–H groups in total. The van der Waals surface area contributed by atoms with E-state index in [1.165, 1.54) is 5.56 Å². The van der Waals surface area contributed by atoms with Gasteiger partial charge in [-0.1, -0.05) is 66.7 Å². The van der Waals surface area contributed by atoms with E-state index in [2.05, 4.69) is 24.4 Å². The molecule has 134 valence electrons. The molecule has 0 radical (unpaired) electrons. The minimum Gasteiger partial charge on any atom is -0.392 e. The molecule has 0 aliphatic heterocycles. The summed E-state index contributed by atoms with van der Waals surface area (Å²) >= 11 is 0. The van der Waals surface area contributed by atoms with Crippen LogP contribution in [0.1, 0.15) is 29.7 Å². The molecule has 3 aromatic rings. The highest BCUT2D eigenvalue weighted by molar-refractivity contribution is 7.85. The van der Waals surface area contributed by atoms with Crippen LogP contribution in [0.3, 0.4) is 0 Å². The second kappa shape index (κ2) is 8.90. The van der Waals surface area contributed by atoms with Crippen LogP contribution >= 0.6 is 0 Å². The summed E-state index contributed by atoms with van der Waals surface area (Å²) < 4.78 is 13.1. The van der Waals surface area contributed by atoms with Crippen LogP contribution in [0.2, 0.25) is 0 Å². The summed E-state index contributed by atoms with van der Waals surface area (Å²) in [6.45, 7) is 2.63. The summed E-state index contributed by atoms with van der Waals surface area (Å²) in [5.74, 6) is 0. The highest BCUT2D eigenvalue weighted by atomic mass is 32.2. The molecule has 4 heteroatoms. The number of benzene rings is 3. The van der Waals surface area contributed by atoms with Crippen LogP contribution < -0.4 is 5.32 Å². The summed E-state index contributed by atoms with van der Waals surface area (Å²) in [5, 5.41) is 13.0. The fourth-order valence-corrected chi connectivity index (χ4v) is 4.28. The van der Waals surface area contributed by atoms with Crippen LogP contribution in [0, 0.1) is 0 Å². The number of aliphatic hydroxyl groups excluding tert-OH is 1. The van der Waals surface area contributed by atoms with E-state index in [1.54, 1.807) is 0 Å². The highest BCUT2D eigenvalue weighted by Gasteiger charge is 2.15. The quantitative estimate of drug-likeness (QED) is 0.660. The van der Waals surface area contributed by atoms with E-state index in [1.807, 2.05) is 66.7 Å². The smallest absolute Gasteiger partial charge is 0.0856 e. The van der Waals surface area contributed by atoms with Crippen LogP contribution in [-0.4, -0.2) is 9.32 Å². The molecule has 0 bridgehead atoms. The standard InChI is InChI=1S/C22H23NO2S/c1-17(18-9-3-2-4-10-18)23-15-19-11-5-7-13-21(19)26(25)22-14-8-6-12-20(22)16-24/h2-14,17,23-24H,15-16H2,1H3/t17-,26?/m1/s1. The van der Waals surface area contributed by atoms with Crippen molar-refractivity contribution in [3.05, 3.63) is 95.6 Å². The van der Waals surface area contributed by atoms with E-state index < -0.39 is 10.8 Å². The van der Waals surface area contributed by atoms with Gasteiger partial charge in [0.05, 0.1) is 17.4 Å². The number of nitrogens with one attached hydrogen (secondary N) is 1. The molecule has 0 amide bonds. The molecule has 0 aromatic heterocycles. The molecule has 0 fully saturated rings. The minimum atomic E-state index is -1.33. The normalized spacial score (nSPS) is 13.3. The van der Waals surface area contributed by atoms with E-state index in [4.69, 9.17) is 0 Å². The second-order valence-electron chi connectivity index (χ2n) is 6.16. The van der Waals surface area contributed by atoms with E-state index in [-0.39, 0.29) is 12.6 Å². The van der Waals surface area contributed by atoms with Gasteiger partial charge in [-0.3, -0.25) is 0 Å². The maximum absolute atomic E-state index is 13.1. The van der Waals surface area contributed by atoms with E-state index >= 15 is 0 Å². The van der Waals surface area contributed by atoms with Gasteiger partial charge in [-0.05, 0) is 35.7 Å². The molecule has 0 saturated carbocycles. The topological polar surface area (TPSA) is 49.3 Å². The Morgan fingerprint density at radius 1 is 0.846 bits per heavy atom. The number of rotatable bonds is 7. The summed E-state index contributed by atoms with van der Waals surface area (Å²) in [4.78, 5) is 1.44. The summed E-state index contributed by atoms with van der Waals surface area (Å²) in [7, 11) is -1.33. The monoisotopic (exact) mass is 365 g/mol. The van der Waals surface area contributed by atoms with Crippen molar-refractivity contribution in [3.63, 3.8) is 0 Å². The van der Waals surface area contributed by atoms with Gasteiger partial charge in [0, 0.05) is 22.4 Å². The molecule has 0 saturated heterocycles. The Balaban J connectivity index is 1.81. The van der Waals surface area contributed by atoms with Crippen LogP contribution in [0.25, 0.3) is 0 Å². The lowest BCUT2D eigenvalue weighted by Gasteiger charge is -2.16. The van der Waals surface area contributed by atoms with Gasteiger partial charge in [-0.25, -0.2) is 4.21 Å². The van der Waals surface area contributed by atoms with Crippen LogP contribution in [0.15, 0.2) is 88.7 Å². The van der Waals surface area contributed by atoms with Gasteiger partial charge >= 0.3 is 0 Å². The Morgan fingerprint density at radius 3 is 2.04 bits per heavy atom. The van der Waals surface area contributed by atoms with Crippen molar-refractivity contribution in [2.75, 3.05) is 0 Å². The lowest BCUT2D eigenvalue weighted by Crippen LogP contribution is -2.19. The Bertz CT molecular complexity index is 880. The molecule has 2 atom stereocenters. The van der Waals surface area contributed by atoms with Crippen molar-refractivity contribution in [2.24, 2.45) is 0 Å². The Kier molecular flexibility index (Phi) is 6.34. The fourth-order valence-electron chi connectivity index (χ4n) is 2.89. The van der Waals surface area contributed by atoms with Gasteiger partial charge in [-0.2, -0.15) is 0 Å². The number of hydrogen-bond acceptors (Lipinski definition) is 3. The minimum absolute atomic E-state index is 0.118. The molecule has 3 aromatic carbocycles. The lowest BCUT2D eigenvalue weighted by atomic mass is 10.1. The molecule has 0 heterocycles. The van der Waals surface area contributed by atoms with Gasteiger partial charge in [0.1, 0.15) is 0 Å². The molecular formula is C22H23NO2S. The summed E-state index contributed by atoms with van der Waals surface area (Å²) in [6, 6.07) is 25.5. The highest BCUT2D eigenvalue weighted by Crippen LogP contribution is 2.24. The summed E-state index contributed by atoms with van der Waals surface area (Å²) in [5.41, 5.74) is 2.92. The lowest BCUT2D eigenvalue weighted by molar-refractivity contribution is 0.278. The van der Waals surface area contributed by atoms with Crippen molar-refractivity contribution in [3.8, 4) is 0 Å². The first-order chi connectivity index (χ1) is 12.7. The molecular weight excluding hydrogens is 342 g/mol. The fraction of sp³-hybridized carbons (Fsp3) is 0.182. The predicted molar refractivity (Wildman–Crippen MR) is 105 cm³/mol. The van der Waals surface area contributed by atoms with Crippen molar-refractivity contribution < 1.29 is 9.32 Å². The zero-order chi connectivity index (χ0) is 18.4. The zero-order valence-electron chi connectivity index (χ0n) is 14.8. The second-order valence-corrected chi connectivity index (χ2v) is 7.57. The molecule has 0 aliphatic carbocycles. The van der Waals surface area contributed by atoms with Gasteiger partial charge < -0.3 is 10.4 Å². The third-order valence-electron chi connectivity index (χ3n) is 4.41. The molecule has 3 rings (SSSR count). The van der Waals surface area contributed by atoms with Crippen molar-refractivity contribution in [2.45, 2.75) is 35.9 Å². The van der Waals surface area contributed by atoms with Crippen LogP contribution in [0.5, 0.6) is 0 Å². The largest absolute Gasteiger partial charge is 0.392 e. The van der Waals surface area contributed by atoms with Crippen LogP contribution in [-0.2, 0) is 24.0 Å². The van der Waals surface area contributed by atoms with Gasteiger partial charge in [0.15, 0.2) is 0 Å². The third kappa shape index (κ3) is 4.28. The molecule has 0 spiro atoms. The Morgan fingerprint density at radius 2 is 1.38 bits per heavy atom. The van der Waals surface area contributed by atoms with E-state index in [0.717, 1.165) is 10.5 Å². The van der Waals surface area contributed by atoms with Crippen molar-refractivity contribution in [1.82, 2.24) is 5.32 Å². The number of hydrogen-bond donors (Lipinski definition) is 2. The van der Waals surface area contributed by atoms with E-state index in [0.29, 0.717) is 17.0 Å². The maximum atomic E-state index is 13.1. The molecule has 3 nitrogen and oxygen atoms in total.